The van der Waals surface area contributed by atoms with Gasteiger partial charge in [0.25, 0.3) is 0 Å². The van der Waals surface area contributed by atoms with Crippen LogP contribution in [0.1, 0.15) is 24.6 Å². The summed E-state index contributed by atoms with van der Waals surface area (Å²) < 4.78 is 0. The summed E-state index contributed by atoms with van der Waals surface area (Å²) in [6.07, 6.45) is 3.49. The molecule has 76 valence electrons. The van der Waals surface area contributed by atoms with Crippen molar-refractivity contribution in [2.75, 3.05) is 0 Å². The molecule has 2 rings (SSSR count). The predicted octanol–water partition coefficient (Wildman–Crippen LogP) is 1.17. The number of aromatic nitrogens is 1. The molecule has 1 aromatic heterocycles. The van der Waals surface area contributed by atoms with Gasteiger partial charge in [0, 0.05) is 12.1 Å². The fourth-order valence-corrected chi connectivity index (χ4v) is 1.32. The Hall–Kier alpha value is -1.89. The normalized spacial score (nSPS) is 16.5. The molecule has 0 aliphatic heterocycles. The van der Waals surface area contributed by atoms with Crippen LogP contribution in [0.4, 0.5) is 0 Å². The highest BCUT2D eigenvalue weighted by molar-refractivity contribution is 5.81. The Morgan fingerprint density at radius 2 is 2.40 bits per heavy atom. The first-order valence-electron chi connectivity index (χ1n) is 4.92. The second-order valence-electron chi connectivity index (χ2n) is 3.60. The van der Waals surface area contributed by atoms with E-state index in [0.717, 1.165) is 12.8 Å². The van der Waals surface area contributed by atoms with E-state index >= 15 is 0 Å². The number of nitriles is 1. The lowest BCUT2D eigenvalue weighted by molar-refractivity contribution is -0.122. The second-order valence-corrected chi connectivity index (χ2v) is 3.60. The maximum atomic E-state index is 11.5. The molecule has 0 aromatic carbocycles. The summed E-state index contributed by atoms with van der Waals surface area (Å²) >= 11 is 0. The largest absolute Gasteiger partial charge is 0.335 e. The molecule has 0 bridgehead atoms. The van der Waals surface area contributed by atoms with Crippen molar-refractivity contribution >= 4 is 5.91 Å². The number of amides is 1. The summed E-state index contributed by atoms with van der Waals surface area (Å²) in [4.78, 5) is 15.5. The zero-order valence-corrected chi connectivity index (χ0v) is 8.18. The van der Waals surface area contributed by atoms with E-state index in [0.29, 0.717) is 5.69 Å². The van der Waals surface area contributed by atoms with Gasteiger partial charge in [-0.15, -0.1) is 0 Å². The lowest BCUT2D eigenvalue weighted by Gasteiger charge is -2.09. The Morgan fingerprint density at radius 1 is 1.60 bits per heavy atom. The molecule has 1 saturated carbocycles. The molecule has 1 fully saturated rings. The lowest BCUT2D eigenvalue weighted by atomic mass is 10.2. The quantitative estimate of drug-likeness (QED) is 0.798. The zero-order valence-electron chi connectivity index (χ0n) is 8.18. The Bertz CT molecular complexity index is 392. The van der Waals surface area contributed by atoms with Crippen LogP contribution in [-0.4, -0.2) is 10.9 Å². The minimum Gasteiger partial charge on any atom is -0.335 e. The maximum Gasteiger partial charge on any atom is 0.224 e. The van der Waals surface area contributed by atoms with Crippen LogP contribution < -0.4 is 5.32 Å². The first kappa shape index (κ1) is 9.66. The molecule has 1 aliphatic carbocycles. The van der Waals surface area contributed by atoms with Crippen LogP contribution >= 0.6 is 0 Å². The molecule has 1 amide bonds. The Morgan fingerprint density at radius 3 is 2.93 bits per heavy atom. The molecule has 1 heterocycles. The molecule has 0 spiro atoms. The van der Waals surface area contributed by atoms with E-state index in [1.165, 1.54) is 0 Å². The average Bonchev–Trinajstić information content (AvgIpc) is 3.10. The number of carbonyl (C=O) groups is 1. The third-order valence-corrected chi connectivity index (χ3v) is 2.35. The first-order valence-corrected chi connectivity index (χ1v) is 4.92. The van der Waals surface area contributed by atoms with Crippen molar-refractivity contribution in [2.45, 2.75) is 18.9 Å². The Kier molecular flexibility index (Phi) is 2.64. The van der Waals surface area contributed by atoms with Crippen LogP contribution in [0.3, 0.4) is 0 Å². The Labute approximate surface area is 87.9 Å². The van der Waals surface area contributed by atoms with Crippen LogP contribution in [0.15, 0.2) is 24.4 Å². The monoisotopic (exact) mass is 201 g/mol. The third kappa shape index (κ3) is 2.32. The van der Waals surface area contributed by atoms with Gasteiger partial charge in [-0.2, -0.15) is 5.26 Å². The summed E-state index contributed by atoms with van der Waals surface area (Å²) in [7, 11) is 0. The number of rotatable bonds is 3. The van der Waals surface area contributed by atoms with Crippen molar-refractivity contribution in [3.05, 3.63) is 30.1 Å². The Balaban J connectivity index is 2.05. The summed E-state index contributed by atoms with van der Waals surface area (Å²) in [6.45, 7) is 0. The fraction of sp³-hybridized carbons (Fsp3) is 0.364. The highest BCUT2D eigenvalue weighted by Gasteiger charge is 2.31. The van der Waals surface area contributed by atoms with Gasteiger partial charge in [0.05, 0.1) is 11.8 Å². The van der Waals surface area contributed by atoms with Crippen LogP contribution in [0.25, 0.3) is 0 Å². The van der Waals surface area contributed by atoms with Crippen molar-refractivity contribution < 1.29 is 4.79 Å². The second kappa shape index (κ2) is 4.09. The topological polar surface area (TPSA) is 65.8 Å². The average molecular weight is 201 g/mol. The predicted molar refractivity (Wildman–Crippen MR) is 53.5 cm³/mol. The maximum absolute atomic E-state index is 11.5. The van der Waals surface area contributed by atoms with Crippen LogP contribution in [0, 0.1) is 17.2 Å². The van der Waals surface area contributed by atoms with Gasteiger partial charge in [-0.1, -0.05) is 6.07 Å². The van der Waals surface area contributed by atoms with Crippen LogP contribution in [0.5, 0.6) is 0 Å². The van der Waals surface area contributed by atoms with Crippen molar-refractivity contribution in [1.82, 2.24) is 10.3 Å². The van der Waals surface area contributed by atoms with E-state index < -0.39 is 6.04 Å². The van der Waals surface area contributed by atoms with Gasteiger partial charge >= 0.3 is 0 Å². The summed E-state index contributed by atoms with van der Waals surface area (Å²) in [5, 5.41) is 11.6. The summed E-state index contributed by atoms with van der Waals surface area (Å²) in [6, 6.07) is 6.73. The van der Waals surface area contributed by atoms with Gasteiger partial charge in [0.1, 0.15) is 0 Å². The van der Waals surface area contributed by atoms with E-state index in [-0.39, 0.29) is 11.8 Å². The number of hydrogen-bond acceptors (Lipinski definition) is 3. The molecule has 0 radical (unpaired) electrons. The van der Waals surface area contributed by atoms with E-state index in [1.807, 2.05) is 6.07 Å². The van der Waals surface area contributed by atoms with Gasteiger partial charge in [0.15, 0.2) is 6.04 Å². The first-order chi connectivity index (χ1) is 7.31. The molecular formula is C11H11N3O. The molecule has 1 atom stereocenters. The van der Waals surface area contributed by atoms with Crippen molar-refractivity contribution in [2.24, 2.45) is 5.92 Å². The molecule has 15 heavy (non-hydrogen) atoms. The van der Waals surface area contributed by atoms with Gasteiger partial charge in [0.2, 0.25) is 5.91 Å². The molecule has 4 nitrogen and oxygen atoms in total. The van der Waals surface area contributed by atoms with E-state index in [1.54, 1.807) is 24.4 Å². The summed E-state index contributed by atoms with van der Waals surface area (Å²) in [5.41, 5.74) is 0.592. The van der Waals surface area contributed by atoms with Crippen molar-refractivity contribution in [3.63, 3.8) is 0 Å². The number of pyridine rings is 1. The molecule has 1 N–H and O–H groups in total. The van der Waals surface area contributed by atoms with Gasteiger partial charge in [-0.05, 0) is 25.0 Å². The van der Waals surface area contributed by atoms with Gasteiger partial charge < -0.3 is 5.32 Å². The standard InChI is InChI=1S/C11H11N3O/c12-7-10(9-3-1-2-6-13-9)14-11(15)8-4-5-8/h1-3,6,8,10H,4-5H2,(H,14,15). The minimum absolute atomic E-state index is 0.0350. The molecule has 4 heteroatoms. The summed E-state index contributed by atoms with van der Waals surface area (Å²) in [5.74, 6) is 0.0803. The number of hydrogen-bond donors (Lipinski definition) is 1. The number of nitrogens with zero attached hydrogens (tertiary/aromatic N) is 2. The number of nitrogens with one attached hydrogen (secondary N) is 1. The lowest BCUT2D eigenvalue weighted by Crippen LogP contribution is -2.29. The SMILES string of the molecule is N#CC(NC(=O)C1CC1)c1ccccn1. The van der Waals surface area contributed by atoms with E-state index in [4.69, 9.17) is 5.26 Å². The van der Waals surface area contributed by atoms with Gasteiger partial charge in [-0.25, -0.2) is 0 Å². The van der Waals surface area contributed by atoms with Crippen molar-refractivity contribution in [3.8, 4) is 6.07 Å². The van der Waals surface area contributed by atoms with Crippen LogP contribution in [-0.2, 0) is 4.79 Å². The highest BCUT2D eigenvalue weighted by Crippen LogP contribution is 2.29. The minimum atomic E-state index is -0.626. The van der Waals surface area contributed by atoms with E-state index in [2.05, 4.69) is 10.3 Å². The molecule has 1 aromatic rings. The smallest absolute Gasteiger partial charge is 0.224 e. The molecule has 0 saturated heterocycles. The molecule has 1 aliphatic rings. The zero-order chi connectivity index (χ0) is 10.7. The van der Waals surface area contributed by atoms with Crippen LogP contribution in [0.2, 0.25) is 0 Å². The highest BCUT2D eigenvalue weighted by atomic mass is 16.2. The number of carbonyl (C=O) groups excluding carboxylic acids is 1. The fourth-order valence-electron chi connectivity index (χ4n) is 1.32. The van der Waals surface area contributed by atoms with E-state index in [9.17, 15) is 4.79 Å². The third-order valence-electron chi connectivity index (χ3n) is 2.35. The van der Waals surface area contributed by atoms with Crippen molar-refractivity contribution in [1.29, 1.82) is 5.26 Å². The van der Waals surface area contributed by atoms with Gasteiger partial charge in [-0.3, -0.25) is 9.78 Å². The molecule has 1 unspecified atom stereocenters. The molecular weight excluding hydrogens is 190 g/mol.